The van der Waals surface area contributed by atoms with Crippen molar-refractivity contribution in [3.63, 3.8) is 0 Å². The number of Topliss-reactive ketones (excluding diaryl/α,β-unsaturated/α-hetero) is 1. The van der Waals surface area contributed by atoms with Gasteiger partial charge in [-0.3, -0.25) is 4.79 Å². The molecule has 5 nitrogen and oxygen atoms in total. The highest BCUT2D eigenvalue weighted by atomic mass is 16.6. The number of ketones is 1. The summed E-state index contributed by atoms with van der Waals surface area (Å²) in [7, 11) is 0. The first kappa shape index (κ1) is 23.7. The minimum absolute atomic E-state index is 0.104. The molecule has 1 heterocycles. The molecule has 5 heteroatoms. The number of carbonyl (C=O) groups is 2. The number of nitrogens with zero attached hydrogens (tertiary/aromatic N) is 1. The molecule has 0 spiro atoms. The minimum atomic E-state index is -0.998. The van der Waals surface area contributed by atoms with E-state index < -0.39 is 17.6 Å². The SMILES string of the molecule is CCCN(c1cccc(CO)c1)C1C(=O)CC(CCc2ccccc2)(c2ccccc2)OC1=O. The first-order valence-corrected chi connectivity index (χ1v) is 11.9. The molecule has 34 heavy (non-hydrogen) atoms. The van der Waals surface area contributed by atoms with Crippen LogP contribution in [0, 0.1) is 0 Å². The lowest BCUT2D eigenvalue weighted by Crippen LogP contribution is -2.56. The van der Waals surface area contributed by atoms with Crippen molar-refractivity contribution in [1.29, 1.82) is 0 Å². The summed E-state index contributed by atoms with van der Waals surface area (Å²) >= 11 is 0. The average molecular weight is 458 g/mol. The van der Waals surface area contributed by atoms with E-state index in [1.165, 1.54) is 0 Å². The molecular weight excluding hydrogens is 426 g/mol. The van der Waals surface area contributed by atoms with Gasteiger partial charge >= 0.3 is 5.97 Å². The Hall–Kier alpha value is -3.44. The summed E-state index contributed by atoms with van der Waals surface area (Å²) in [5.74, 6) is -0.660. The van der Waals surface area contributed by atoms with Crippen molar-refractivity contribution < 1.29 is 19.4 Å². The van der Waals surface area contributed by atoms with Crippen molar-refractivity contribution in [3.8, 4) is 0 Å². The van der Waals surface area contributed by atoms with E-state index in [9.17, 15) is 14.7 Å². The maximum Gasteiger partial charge on any atom is 0.337 e. The molecule has 176 valence electrons. The molecule has 1 aliphatic rings. The van der Waals surface area contributed by atoms with Crippen LogP contribution in [-0.2, 0) is 33.0 Å². The second-order valence-electron chi connectivity index (χ2n) is 8.83. The molecule has 1 aliphatic heterocycles. The molecule has 2 atom stereocenters. The Morgan fingerprint density at radius 1 is 0.941 bits per heavy atom. The van der Waals surface area contributed by atoms with Gasteiger partial charge in [-0.25, -0.2) is 4.79 Å². The van der Waals surface area contributed by atoms with E-state index in [1.54, 1.807) is 0 Å². The van der Waals surface area contributed by atoms with Gasteiger partial charge in [-0.1, -0.05) is 79.7 Å². The number of carbonyl (C=O) groups excluding carboxylic acids is 2. The van der Waals surface area contributed by atoms with Crippen molar-refractivity contribution in [1.82, 2.24) is 0 Å². The summed E-state index contributed by atoms with van der Waals surface area (Å²) in [6.07, 6.45) is 2.11. The Morgan fingerprint density at radius 3 is 2.26 bits per heavy atom. The molecule has 0 aliphatic carbocycles. The van der Waals surface area contributed by atoms with Gasteiger partial charge in [0.25, 0.3) is 0 Å². The van der Waals surface area contributed by atoms with E-state index >= 15 is 0 Å². The Kier molecular flexibility index (Phi) is 7.43. The fourth-order valence-corrected chi connectivity index (χ4v) is 4.75. The lowest BCUT2D eigenvalue weighted by molar-refractivity contribution is -0.175. The molecule has 0 radical (unpaired) electrons. The van der Waals surface area contributed by atoms with Gasteiger partial charge < -0.3 is 14.7 Å². The predicted molar refractivity (Wildman–Crippen MR) is 132 cm³/mol. The van der Waals surface area contributed by atoms with Crippen molar-refractivity contribution in [3.05, 3.63) is 102 Å². The van der Waals surface area contributed by atoms with E-state index in [4.69, 9.17) is 4.74 Å². The number of anilines is 1. The van der Waals surface area contributed by atoms with Crippen LogP contribution in [0.3, 0.4) is 0 Å². The van der Waals surface area contributed by atoms with E-state index in [-0.39, 0.29) is 18.8 Å². The number of ether oxygens (including phenoxy) is 1. The van der Waals surface area contributed by atoms with Crippen LogP contribution >= 0.6 is 0 Å². The zero-order valence-electron chi connectivity index (χ0n) is 19.5. The van der Waals surface area contributed by atoms with Crippen molar-refractivity contribution in [2.45, 2.75) is 50.9 Å². The van der Waals surface area contributed by atoms with Gasteiger partial charge in [-0.05, 0) is 48.1 Å². The molecule has 3 aromatic carbocycles. The molecular formula is C29H31NO4. The van der Waals surface area contributed by atoms with Gasteiger partial charge in [-0.15, -0.1) is 0 Å². The van der Waals surface area contributed by atoms with Crippen LogP contribution in [0.2, 0.25) is 0 Å². The molecule has 2 unspecified atom stereocenters. The number of hydrogen-bond acceptors (Lipinski definition) is 5. The molecule has 0 aromatic heterocycles. The highest BCUT2D eigenvalue weighted by molar-refractivity contribution is 6.08. The van der Waals surface area contributed by atoms with E-state index in [1.807, 2.05) is 96.8 Å². The van der Waals surface area contributed by atoms with E-state index in [2.05, 4.69) is 0 Å². The molecule has 1 fully saturated rings. The zero-order valence-corrected chi connectivity index (χ0v) is 19.5. The van der Waals surface area contributed by atoms with Gasteiger partial charge in [0.1, 0.15) is 5.60 Å². The van der Waals surface area contributed by atoms with Crippen molar-refractivity contribution in [2.24, 2.45) is 0 Å². The lowest BCUT2D eigenvalue weighted by atomic mass is 9.80. The summed E-state index contributed by atoms with van der Waals surface area (Å²) in [6.45, 7) is 2.44. The van der Waals surface area contributed by atoms with Crippen LogP contribution in [0.25, 0.3) is 0 Å². The minimum Gasteiger partial charge on any atom is -0.452 e. The van der Waals surface area contributed by atoms with Crippen molar-refractivity contribution >= 4 is 17.4 Å². The van der Waals surface area contributed by atoms with Crippen LogP contribution in [0.15, 0.2) is 84.9 Å². The third kappa shape index (κ3) is 5.05. The van der Waals surface area contributed by atoms with Crippen LogP contribution in [0.5, 0.6) is 0 Å². The second kappa shape index (κ2) is 10.7. The fourth-order valence-electron chi connectivity index (χ4n) is 4.75. The number of rotatable bonds is 9. The second-order valence-corrected chi connectivity index (χ2v) is 8.83. The Bertz CT molecular complexity index is 1100. The summed E-state index contributed by atoms with van der Waals surface area (Å²) in [5.41, 5.74) is 2.45. The molecule has 1 N–H and O–H groups in total. The molecule has 0 bridgehead atoms. The molecule has 0 saturated carbocycles. The normalized spacial score (nSPS) is 20.1. The maximum atomic E-state index is 13.7. The number of cyclic esters (lactones) is 1. The summed E-state index contributed by atoms with van der Waals surface area (Å²) in [6, 6.07) is 26.0. The topological polar surface area (TPSA) is 66.8 Å². The number of esters is 1. The number of hydrogen-bond donors (Lipinski definition) is 1. The van der Waals surface area contributed by atoms with Crippen LogP contribution in [0.1, 0.15) is 42.9 Å². The van der Waals surface area contributed by atoms with E-state index in [0.29, 0.717) is 19.4 Å². The summed E-state index contributed by atoms with van der Waals surface area (Å²) in [5, 5.41) is 9.56. The Morgan fingerprint density at radius 2 is 1.62 bits per heavy atom. The monoisotopic (exact) mass is 457 g/mol. The van der Waals surface area contributed by atoms with Gasteiger partial charge in [-0.2, -0.15) is 0 Å². The predicted octanol–water partition coefficient (Wildman–Crippen LogP) is 4.81. The highest BCUT2D eigenvalue weighted by Gasteiger charge is 2.49. The van der Waals surface area contributed by atoms with Crippen LogP contribution < -0.4 is 4.90 Å². The molecule has 4 rings (SSSR count). The first-order chi connectivity index (χ1) is 16.6. The number of benzene rings is 3. The standard InChI is InChI=1S/C29H31NO4/c1-2-18-30(25-15-9-12-23(19-25)21-31)27-26(32)20-29(34-28(27)33,24-13-7-4-8-14-24)17-16-22-10-5-3-6-11-22/h3-15,19,27,31H,2,16-18,20-21H2,1H3. The number of aryl methyl sites for hydroxylation is 1. The Labute approximate surface area is 201 Å². The van der Waals surface area contributed by atoms with Gasteiger partial charge in [0.15, 0.2) is 11.8 Å². The number of aliphatic hydroxyl groups is 1. The Balaban J connectivity index is 1.65. The lowest BCUT2D eigenvalue weighted by Gasteiger charge is -2.42. The molecule has 3 aromatic rings. The molecule has 0 amide bonds. The van der Waals surface area contributed by atoms with Crippen molar-refractivity contribution in [2.75, 3.05) is 11.4 Å². The number of aliphatic hydroxyl groups excluding tert-OH is 1. The zero-order chi connectivity index (χ0) is 24.0. The summed E-state index contributed by atoms with van der Waals surface area (Å²) in [4.78, 5) is 29.0. The average Bonchev–Trinajstić information content (AvgIpc) is 2.88. The fraction of sp³-hybridized carbons (Fsp3) is 0.310. The maximum absolute atomic E-state index is 13.7. The van der Waals surface area contributed by atoms with Gasteiger partial charge in [0.05, 0.1) is 13.0 Å². The quantitative estimate of drug-likeness (QED) is 0.369. The van der Waals surface area contributed by atoms with Gasteiger partial charge in [0, 0.05) is 12.2 Å². The van der Waals surface area contributed by atoms with E-state index in [0.717, 1.165) is 28.8 Å². The first-order valence-electron chi connectivity index (χ1n) is 11.9. The van der Waals surface area contributed by atoms with Gasteiger partial charge in [0.2, 0.25) is 0 Å². The molecule has 1 saturated heterocycles. The third-order valence-corrected chi connectivity index (χ3v) is 6.45. The van der Waals surface area contributed by atoms with Crippen LogP contribution in [0.4, 0.5) is 5.69 Å². The smallest absolute Gasteiger partial charge is 0.337 e. The third-order valence-electron chi connectivity index (χ3n) is 6.45. The summed E-state index contributed by atoms with van der Waals surface area (Å²) < 4.78 is 6.22. The largest absolute Gasteiger partial charge is 0.452 e. The highest BCUT2D eigenvalue weighted by Crippen LogP contribution is 2.40. The van der Waals surface area contributed by atoms with Crippen LogP contribution in [-0.4, -0.2) is 29.4 Å².